The van der Waals surface area contributed by atoms with Gasteiger partial charge in [-0.1, -0.05) is 30.4 Å². The quantitative estimate of drug-likeness (QED) is 0.632. The van der Waals surface area contributed by atoms with Crippen molar-refractivity contribution in [2.45, 2.75) is 19.3 Å². The monoisotopic (exact) mass is 287 g/mol. The maximum Gasteiger partial charge on any atom is 0.252 e. The minimum Gasteiger partial charge on any atom is -0.393 e. The number of nitrogens with one attached hydrogen (secondary N) is 1. The van der Waals surface area contributed by atoms with Crippen molar-refractivity contribution in [3.8, 4) is 0 Å². The lowest BCUT2D eigenvalue weighted by Crippen LogP contribution is -2.25. The van der Waals surface area contributed by atoms with E-state index in [1.165, 1.54) is 0 Å². The van der Waals surface area contributed by atoms with E-state index in [2.05, 4.69) is 10.3 Å². The molecule has 5 heteroatoms. The molecule has 0 radical (unpaired) electrons. The highest BCUT2D eigenvalue weighted by atomic mass is 32.1. The molecule has 2 aromatic rings. The van der Waals surface area contributed by atoms with Crippen LogP contribution in [0.4, 0.5) is 0 Å². The Balaban J connectivity index is 1.96. The van der Waals surface area contributed by atoms with Gasteiger partial charge in [-0.15, -0.1) is 0 Å². The number of nitrogens with zero attached hydrogens (tertiary/aromatic N) is 1. The van der Waals surface area contributed by atoms with E-state index in [0.717, 1.165) is 30.2 Å². The molecule has 4 nitrogen and oxygen atoms in total. The molecule has 2 rings (SSSR count). The fourth-order valence-corrected chi connectivity index (χ4v) is 2.16. The van der Waals surface area contributed by atoms with Gasteiger partial charge < -0.3 is 11.1 Å². The van der Waals surface area contributed by atoms with Gasteiger partial charge in [-0.2, -0.15) is 0 Å². The topological polar surface area (TPSA) is 68.0 Å². The Morgan fingerprint density at radius 2 is 2.05 bits per heavy atom. The average molecular weight is 287 g/mol. The van der Waals surface area contributed by atoms with Crippen LogP contribution in [0.5, 0.6) is 0 Å². The summed E-state index contributed by atoms with van der Waals surface area (Å²) in [5.74, 6) is -0.0704. The molecular formula is C15H17N3OS. The molecule has 0 bridgehead atoms. The first kappa shape index (κ1) is 14.4. The maximum atomic E-state index is 12.2. The van der Waals surface area contributed by atoms with Gasteiger partial charge in [0, 0.05) is 18.1 Å². The summed E-state index contributed by atoms with van der Waals surface area (Å²) in [6.07, 6.45) is 4.15. The summed E-state index contributed by atoms with van der Waals surface area (Å²) in [7, 11) is 0. The number of amides is 1. The summed E-state index contributed by atoms with van der Waals surface area (Å²) < 4.78 is 0. The number of nitrogens with two attached hydrogens (primary N) is 1. The van der Waals surface area contributed by atoms with Gasteiger partial charge in [0.2, 0.25) is 0 Å². The molecule has 1 amide bonds. The van der Waals surface area contributed by atoms with Crippen molar-refractivity contribution >= 4 is 34.0 Å². The van der Waals surface area contributed by atoms with Crippen LogP contribution in [0, 0.1) is 0 Å². The second kappa shape index (κ2) is 6.96. The van der Waals surface area contributed by atoms with Gasteiger partial charge in [0.1, 0.15) is 0 Å². The number of rotatable bonds is 6. The molecule has 0 spiro atoms. The number of thiocarbonyl (C=S) groups is 1. The van der Waals surface area contributed by atoms with E-state index in [1.54, 1.807) is 12.3 Å². The predicted molar refractivity (Wildman–Crippen MR) is 84.7 cm³/mol. The van der Waals surface area contributed by atoms with E-state index < -0.39 is 0 Å². The van der Waals surface area contributed by atoms with Crippen LogP contribution >= 0.6 is 12.2 Å². The molecule has 0 fully saturated rings. The van der Waals surface area contributed by atoms with Crippen LogP contribution in [0.1, 0.15) is 29.6 Å². The molecule has 1 heterocycles. The van der Waals surface area contributed by atoms with Crippen molar-refractivity contribution in [1.29, 1.82) is 0 Å². The lowest BCUT2D eigenvalue weighted by atomic mass is 10.1. The fraction of sp³-hybridized carbons (Fsp3) is 0.267. The number of carbonyl (C=O) groups excluding carboxylic acids is 1. The molecule has 0 aliphatic carbocycles. The van der Waals surface area contributed by atoms with Crippen molar-refractivity contribution in [1.82, 2.24) is 10.3 Å². The zero-order valence-electron chi connectivity index (χ0n) is 11.1. The molecule has 20 heavy (non-hydrogen) atoms. The molecule has 104 valence electrons. The fourth-order valence-electron chi connectivity index (χ4n) is 2.02. The third-order valence-electron chi connectivity index (χ3n) is 3.03. The largest absolute Gasteiger partial charge is 0.393 e. The van der Waals surface area contributed by atoms with E-state index in [9.17, 15) is 4.79 Å². The van der Waals surface area contributed by atoms with Crippen LogP contribution in [0.25, 0.3) is 10.9 Å². The van der Waals surface area contributed by atoms with Crippen LogP contribution in [-0.2, 0) is 0 Å². The Morgan fingerprint density at radius 3 is 2.85 bits per heavy atom. The van der Waals surface area contributed by atoms with Gasteiger partial charge >= 0.3 is 0 Å². The van der Waals surface area contributed by atoms with E-state index in [1.807, 2.05) is 24.3 Å². The van der Waals surface area contributed by atoms with Gasteiger partial charge in [-0.25, -0.2) is 0 Å². The number of aromatic nitrogens is 1. The van der Waals surface area contributed by atoms with Gasteiger partial charge in [0.15, 0.2) is 0 Å². The highest BCUT2D eigenvalue weighted by Crippen LogP contribution is 2.15. The van der Waals surface area contributed by atoms with E-state index in [0.29, 0.717) is 17.1 Å². The number of hydrogen-bond acceptors (Lipinski definition) is 3. The molecular weight excluding hydrogens is 270 g/mol. The Morgan fingerprint density at radius 1 is 1.25 bits per heavy atom. The Kier molecular flexibility index (Phi) is 5.01. The highest BCUT2D eigenvalue weighted by molar-refractivity contribution is 7.80. The second-order valence-corrected chi connectivity index (χ2v) is 5.08. The molecule has 1 aromatic carbocycles. The lowest BCUT2D eigenvalue weighted by molar-refractivity contribution is 0.0954. The summed E-state index contributed by atoms with van der Waals surface area (Å²) in [5.41, 5.74) is 6.91. The van der Waals surface area contributed by atoms with E-state index in [-0.39, 0.29) is 5.91 Å². The standard InChI is InChI=1S/C15H17N3OS/c16-14(20)7-3-4-9-18-15(19)12-8-10-17-13-6-2-1-5-11(12)13/h1-2,5-6,8,10H,3-4,7,9H2,(H2,16,20)(H,18,19). The van der Waals surface area contributed by atoms with Crippen molar-refractivity contribution in [2.75, 3.05) is 6.54 Å². The number of hydrogen-bond donors (Lipinski definition) is 2. The van der Waals surface area contributed by atoms with Crippen molar-refractivity contribution in [3.63, 3.8) is 0 Å². The van der Waals surface area contributed by atoms with Gasteiger partial charge in [0.25, 0.3) is 5.91 Å². The third kappa shape index (κ3) is 3.74. The van der Waals surface area contributed by atoms with Crippen LogP contribution in [0.15, 0.2) is 36.5 Å². The van der Waals surface area contributed by atoms with Crippen molar-refractivity contribution in [3.05, 3.63) is 42.1 Å². The summed E-state index contributed by atoms with van der Waals surface area (Å²) in [6.45, 7) is 0.623. The summed E-state index contributed by atoms with van der Waals surface area (Å²) in [6, 6.07) is 9.36. The minimum absolute atomic E-state index is 0.0704. The third-order valence-corrected chi connectivity index (χ3v) is 3.23. The second-order valence-electron chi connectivity index (χ2n) is 4.55. The highest BCUT2D eigenvalue weighted by Gasteiger charge is 2.09. The molecule has 3 N–H and O–H groups in total. The first-order chi connectivity index (χ1) is 9.68. The zero-order chi connectivity index (χ0) is 14.4. The minimum atomic E-state index is -0.0704. The van der Waals surface area contributed by atoms with Gasteiger partial charge in [-0.05, 0) is 31.4 Å². The summed E-state index contributed by atoms with van der Waals surface area (Å²) >= 11 is 4.81. The molecule has 0 aliphatic heterocycles. The Labute approximate surface area is 123 Å². The molecule has 0 saturated carbocycles. The molecule has 0 atom stereocenters. The SMILES string of the molecule is NC(=S)CCCCNC(=O)c1ccnc2ccccc12. The van der Waals surface area contributed by atoms with Crippen LogP contribution < -0.4 is 11.1 Å². The molecule has 0 unspecified atom stereocenters. The number of fused-ring (bicyclic) bond motifs is 1. The number of unbranched alkanes of at least 4 members (excludes halogenated alkanes) is 1. The maximum absolute atomic E-state index is 12.2. The first-order valence-electron chi connectivity index (χ1n) is 6.59. The summed E-state index contributed by atoms with van der Waals surface area (Å²) in [4.78, 5) is 16.9. The number of pyridine rings is 1. The van der Waals surface area contributed by atoms with Crippen molar-refractivity contribution < 1.29 is 4.79 Å². The van der Waals surface area contributed by atoms with E-state index in [4.69, 9.17) is 18.0 Å². The van der Waals surface area contributed by atoms with Crippen LogP contribution in [0.3, 0.4) is 0 Å². The Hall–Kier alpha value is -2.01. The number of carbonyl (C=O) groups is 1. The van der Waals surface area contributed by atoms with Crippen molar-refractivity contribution in [2.24, 2.45) is 5.73 Å². The smallest absolute Gasteiger partial charge is 0.252 e. The molecule has 0 aliphatic rings. The lowest BCUT2D eigenvalue weighted by Gasteiger charge is -2.07. The average Bonchev–Trinajstić information content (AvgIpc) is 2.45. The predicted octanol–water partition coefficient (Wildman–Crippen LogP) is 2.42. The van der Waals surface area contributed by atoms with Crippen LogP contribution in [0.2, 0.25) is 0 Å². The number of para-hydroxylation sites is 1. The number of benzene rings is 1. The summed E-state index contributed by atoms with van der Waals surface area (Å²) in [5, 5.41) is 3.78. The van der Waals surface area contributed by atoms with Crippen LogP contribution in [-0.4, -0.2) is 22.4 Å². The first-order valence-corrected chi connectivity index (χ1v) is 6.99. The zero-order valence-corrected chi connectivity index (χ0v) is 12.0. The normalized spacial score (nSPS) is 10.4. The van der Waals surface area contributed by atoms with Gasteiger partial charge in [0.05, 0.1) is 16.1 Å². The van der Waals surface area contributed by atoms with E-state index >= 15 is 0 Å². The van der Waals surface area contributed by atoms with Gasteiger partial charge in [-0.3, -0.25) is 9.78 Å². The Bertz CT molecular complexity index is 622. The molecule has 1 aromatic heterocycles. The molecule has 0 saturated heterocycles.